The first kappa shape index (κ1) is 22.8. The van der Waals surface area contributed by atoms with Gasteiger partial charge in [-0.1, -0.05) is 55.7 Å². The second-order valence-corrected chi connectivity index (χ2v) is 9.76. The van der Waals surface area contributed by atoms with E-state index in [2.05, 4.69) is 25.1 Å². The molecule has 2 heterocycles. The number of carbonyl (C=O) groups is 2. The summed E-state index contributed by atoms with van der Waals surface area (Å²) in [4.78, 5) is 27.1. The number of benzene rings is 2. The van der Waals surface area contributed by atoms with E-state index in [9.17, 15) is 9.59 Å². The van der Waals surface area contributed by atoms with Gasteiger partial charge >= 0.3 is 6.03 Å². The topological polar surface area (TPSA) is 62.2 Å². The number of hydrazone groups is 1. The fourth-order valence-electron chi connectivity index (χ4n) is 5.40. The zero-order chi connectivity index (χ0) is 23.5. The molecule has 0 unspecified atom stereocenters. The van der Waals surface area contributed by atoms with E-state index >= 15 is 0 Å². The van der Waals surface area contributed by atoms with Crippen molar-refractivity contribution in [3.05, 3.63) is 64.7 Å². The summed E-state index contributed by atoms with van der Waals surface area (Å²) in [5.41, 5.74) is 5.81. The van der Waals surface area contributed by atoms with Crippen LogP contribution in [0, 0.1) is 12.8 Å². The highest BCUT2D eigenvalue weighted by Crippen LogP contribution is 2.36. The monoisotopic (exact) mass is 459 g/mol. The quantitative estimate of drug-likeness (QED) is 0.538. The van der Waals surface area contributed by atoms with Gasteiger partial charge in [-0.05, 0) is 49.8 Å². The van der Waals surface area contributed by atoms with Gasteiger partial charge in [0, 0.05) is 30.3 Å². The molecule has 6 heteroatoms. The molecule has 1 saturated heterocycles. The number of rotatable bonds is 5. The van der Waals surface area contributed by atoms with Gasteiger partial charge in [-0.15, -0.1) is 0 Å². The molecule has 0 bridgehead atoms. The molecular formula is C28H33N3O3. The molecule has 0 radical (unpaired) electrons. The Bertz CT molecular complexity index is 1070. The van der Waals surface area contributed by atoms with E-state index < -0.39 is 0 Å². The van der Waals surface area contributed by atoms with Crippen molar-refractivity contribution >= 4 is 23.7 Å². The molecule has 2 fully saturated rings. The van der Waals surface area contributed by atoms with Crippen LogP contribution in [0.4, 0.5) is 10.5 Å². The SMILES string of the molecule is Cc1ccc2c(c1)N(Cc1ccc(C=O)cc1)C(=O)N(C1CCOCC1)N=C2C1CCCCC1. The number of aryl methyl sites for hydroxylation is 1. The molecule has 1 aliphatic carbocycles. The van der Waals surface area contributed by atoms with Crippen LogP contribution < -0.4 is 4.90 Å². The summed E-state index contributed by atoms with van der Waals surface area (Å²) in [6.45, 7) is 3.81. The Hall–Kier alpha value is -2.99. The molecule has 2 aliphatic heterocycles. The largest absolute Gasteiger partial charge is 0.381 e. The smallest absolute Gasteiger partial charge is 0.345 e. The Balaban J connectivity index is 1.60. The number of carbonyl (C=O) groups excluding carboxylic acids is 2. The summed E-state index contributed by atoms with van der Waals surface area (Å²) in [5, 5.41) is 6.92. The van der Waals surface area contributed by atoms with E-state index in [1.807, 2.05) is 29.2 Å². The van der Waals surface area contributed by atoms with Crippen LogP contribution in [0.25, 0.3) is 0 Å². The van der Waals surface area contributed by atoms with E-state index in [1.54, 1.807) is 5.01 Å². The number of amides is 2. The van der Waals surface area contributed by atoms with Crippen LogP contribution in [0.5, 0.6) is 0 Å². The second-order valence-electron chi connectivity index (χ2n) is 9.76. The first-order valence-electron chi connectivity index (χ1n) is 12.6. The van der Waals surface area contributed by atoms with Crippen molar-refractivity contribution < 1.29 is 14.3 Å². The maximum atomic E-state index is 14.1. The van der Waals surface area contributed by atoms with Gasteiger partial charge in [-0.2, -0.15) is 5.10 Å². The predicted octanol–water partition coefficient (Wildman–Crippen LogP) is 5.71. The maximum Gasteiger partial charge on any atom is 0.345 e. The standard InChI is InChI=1S/C28H33N3O3/c1-20-7-12-25-26(17-20)30(18-21-8-10-22(19-32)11-9-21)28(33)31(24-13-15-34-16-14-24)29-27(25)23-5-3-2-4-6-23/h7-12,17,19,23-24H,2-6,13-16,18H2,1H3. The molecule has 5 rings (SSSR count). The molecule has 178 valence electrons. The molecule has 0 atom stereocenters. The molecular weight excluding hydrogens is 426 g/mol. The average molecular weight is 460 g/mol. The van der Waals surface area contributed by atoms with Crippen molar-refractivity contribution in [3.8, 4) is 0 Å². The summed E-state index contributed by atoms with van der Waals surface area (Å²) in [6.07, 6.45) is 8.37. The summed E-state index contributed by atoms with van der Waals surface area (Å²) in [7, 11) is 0. The van der Waals surface area contributed by atoms with Crippen LogP contribution in [0.15, 0.2) is 47.6 Å². The molecule has 0 aromatic heterocycles. The third kappa shape index (κ3) is 4.64. The zero-order valence-corrected chi connectivity index (χ0v) is 19.9. The van der Waals surface area contributed by atoms with E-state index in [1.165, 1.54) is 19.3 Å². The summed E-state index contributed by atoms with van der Waals surface area (Å²) < 4.78 is 5.59. The molecule has 34 heavy (non-hydrogen) atoms. The lowest BCUT2D eigenvalue weighted by Gasteiger charge is -2.33. The number of ether oxygens (including phenoxy) is 1. The maximum absolute atomic E-state index is 14.1. The highest BCUT2D eigenvalue weighted by molar-refractivity contribution is 6.11. The van der Waals surface area contributed by atoms with E-state index in [0.717, 1.165) is 60.1 Å². The van der Waals surface area contributed by atoms with Gasteiger partial charge in [-0.3, -0.25) is 9.69 Å². The third-order valence-corrected chi connectivity index (χ3v) is 7.35. The summed E-state index contributed by atoms with van der Waals surface area (Å²) in [6, 6.07) is 13.8. The van der Waals surface area contributed by atoms with Crippen LogP contribution in [-0.2, 0) is 11.3 Å². The van der Waals surface area contributed by atoms with Gasteiger partial charge in [-0.25, -0.2) is 9.80 Å². The summed E-state index contributed by atoms with van der Waals surface area (Å²) >= 11 is 0. The minimum absolute atomic E-state index is 0.0372. The molecule has 2 aromatic carbocycles. The number of fused-ring (bicyclic) bond motifs is 1. The van der Waals surface area contributed by atoms with E-state index in [-0.39, 0.29) is 12.1 Å². The average Bonchev–Trinajstić information content (AvgIpc) is 3.00. The minimum atomic E-state index is -0.0796. The Morgan fingerprint density at radius 1 is 1.00 bits per heavy atom. The highest BCUT2D eigenvalue weighted by Gasteiger charge is 2.36. The van der Waals surface area contributed by atoms with Crippen LogP contribution in [0.3, 0.4) is 0 Å². The van der Waals surface area contributed by atoms with Crippen molar-refractivity contribution in [2.24, 2.45) is 11.0 Å². The van der Waals surface area contributed by atoms with E-state index in [4.69, 9.17) is 9.84 Å². The zero-order valence-electron chi connectivity index (χ0n) is 19.9. The van der Waals surface area contributed by atoms with Crippen LogP contribution in [0.1, 0.15) is 72.0 Å². The van der Waals surface area contributed by atoms with Crippen LogP contribution in [-0.4, -0.2) is 42.3 Å². The molecule has 6 nitrogen and oxygen atoms in total. The number of nitrogens with zero attached hydrogens (tertiary/aromatic N) is 3. The fraction of sp³-hybridized carbons (Fsp3) is 0.464. The van der Waals surface area contributed by atoms with Crippen molar-refractivity contribution in [1.29, 1.82) is 0 Å². The number of hydrogen-bond donors (Lipinski definition) is 0. The van der Waals surface area contributed by atoms with Gasteiger partial charge in [0.2, 0.25) is 0 Å². The van der Waals surface area contributed by atoms with Crippen molar-refractivity contribution in [1.82, 2.24) is 5.01 Å². The first-order valence-corrected chi connectivity index (χ1v) is 12.6. The van der Waals surface area contributed by atoms with Gasteiger partial charge in [0.05, 0.1) is 24.0 Å². The normalized spacial score (nSPS) is 20.0. The minimum Gasteiger partial charge on any atom is -0.381 e. The van der Waals surface area contributed by atoms with E-state index in [0.29, 0.717) is 31.2 Å². The Morgan fingerprint density at radius 2 is 1.74 bits per heavy atom. The van der Waals surface area contributed by atoms with Crippen molar-refractivity contribution in [3.63, 3.8) is 0 Å². The summed E-state index contributed by atoms with van der Waals surface area (Å²) in [5.74, 6) is 0.372. The molecule has 2 amide bonds. The number of hydrogen-bond acceptors (Lipinski definition) is 4. The van der Waals surface area contributed by atoms with Gasteiger partial charge in [0.25, 0.3) is 0 Å². The molecule has 0 N–H and O–H groups in total. The Kier molecular flexibility index (Phi) is 6.77. The predicted molar refractivity (Wildman–Crippen MR) is 133 cm³/mol. The fourth-order valence-corrected chi connectivity index (χ4v) is 5.40. The Labute approximate surface area is 201 Å². The van der Waals surface area contributed by atoms with Crippen LogP contribution >= 0.6 is 0 Å². The number of urea groups is 1. The van der Waals surface area contributed by atoms with Crippen molar-refractivity contribution in [2.75, 3.05) is 18.1 Å². The lowest BCUT2D eigenvalue weighted by Crippen LogP contribution is -2.46. The molecule has 2 aromatic rings. The molecule has 3 aliphatic rings. The Morgan fingerprint density at radius 3 is 2.44 bits per heavy atom. The van der Waals surface area contributed by atoms with Gasteiger partial charge in [0.15, 0.2) is 0 Å². The van der Waals surface area contributed by atoms with Gasteiger partial charge in [0.1, 0.15) is 6.29 Å². The third-order valence-electron chi connectivity index (χ3n) is 7.35. The van der Waals surface area contributed by atoms with Crippen LogP contribution in [0.2, 0.25) is 0 Å². The second kappa shape index (κ2) is 10.1. The molecule has 1 saturated carbocycles. The van der Waals surface area contributed by atoms with Gasteiger partial charge < -0.3 is 4.74 Å². The molecule has 0 spiro atoms. The lowest BCUT2D eigenvalue weighted by atomic mass is 9.82. The number of aldehydes is 1. The highest BCUT2D eigenvalue weighted by atomic mass is 16.5. The first-order chi connectivity index (χ1) is 16.6. The number of anilines is 1. The lowest BCUT2D eigenvalue weighted by molar-refractivity contribution is 0.0476. The van der Waals surface area contributed by atoms with Crippen molar-refractivity contribution in [2.45, 2.75) is 64.5 Å².